The first kappa shape index (κ1) is 22.1. The summed E-state index contributed by atoms with van der Waals surface area (Å²) < 4.78 is 67.5. The zero-order valence-electron chi connectivity index (χ0n) is 14.4. The van der Waals surface area contributed by atoms with E-state index in [0.717, 1.165) is 17.7 Å². The minimum Gasteiger partial charge on any atom is -0.416 e. The van der Waals surface area contributed by atoms with Gasteiger partial charge in [0.05, 0.1) is 0 Å². The number of nitrogens with zero attached hydrogens (tertiary/aromatic N) is 4. The molecule has 0 bridgehead atoms. The van der Waals surface area contributed by atoms with Crippen molar-refractivity contribution >= 4 is 38.9 Å². The molecule has 0 saturated heterocycles. The third-order valence-corrected chi connectivity index (χ3v) is 6.41. The van der Waals surface area contributed by atoms with Gasteiger partial charge < -0.3 is 4.74 Å². The number of anilines is 1. The molecular formula is C15H13Cl2F3N4O3S. The average molecular weight is 457 g/mol. The Hall–Kier alpha value is -2.16. The Kier molecular flexibility index (Phi) is 6.37. The van der Waals surface area contributed by atoms with Gasteiger partial charge in [0.2, 0.25) is 5.88 Å². The van der Waals surface area contributed by atoms with Crippen LogP contribution in [0.5, 0.6) is 5.88 Å². The molecule has 0 saturated carbocycles. The second kappa shape index (κ2) is 8.06. The normalized spacial score (nSPS) is 13.8. The number of ether oxygens (including phenoxy) is 1. The monoisotopic (exact) mass is 456 g/mol. The summed E-state index contributed by atoms with van der Waals surface area (Å²) in [5.41, 5.74) is -1.21. The first-order chi connectivity index (χ1) is 12.9. The molecule has 0 fully saturated rings. The van der Waals surface area contributed by atoms with Crippen LogP contribution in [-0.4, -0.2) is 34.0 Å². The molecule has 0 aliphatic rings. The fourth-order valence-electron chi connectivity index (χ4n) is 2.14. The highest BCUT2D eigenvalue weighted by molar-refractivity contribution is 7.95. The van der Waals surface area contributed by atoms with Gasteiger partial charge >= 0.3 is 6.61 Å². The van der Waals surface area contributed by atoms with Gasteiger partial charge in [0.15, 0.2) is 4.21 Å². The molecule has 1 atom stereocenters. The summed E-state index contributed by atoms with van der Waals surface area (Å²) >= 11 is 11.9. The van der Waals surface area contributed by atoms with Gasteiger partial charge in [-0.15, -0.1) is 12.3 Å². The minimum absolute atomic E-state index is 0.276. The number of halogens is 5. The van der Waals surface area contributed by atoms with Crippen LogP contribution in [-0.2, 0) is 17.1 Å². The fraction of sp³-hybridized carbons (Fsp3) is 0.333. The molecule has 0 aliphatic carbocycles. The van der Waals surface area contributed by atoms with Gasteiger partial charge in [-0.1, -0.05) is 32.2 Å². The molecule has 7 nitrogen and oxygen atoms in total. The van der Waals surface area contributed by atoms with Crippen LogP contribution in [0, 0.1) is 12.3 Å². The van der Waals surface area contributed by atoms with Crippen LogP contribution in [0.25, 0.3) is 11.4 Å². The van der Waals surface area contributed by atoms with Crippen molar-refractivity contribution in [2.45, 2.75) is 24.2 Å². The van der Waals surface area contributed by atoms with Gasteiger partial charge in [0.1, 0.15) is 22.1 Å². The third-order valence-electron chi connectivity index (χ3n) is 3.51. The summed E-state index contributed by atoms with van der Waals surface area (Å²) in [5.74, 6) is 1.55. The van der Waals surface area contributed by atoms with Crippen LogP contribution in [0.15, 0.2) is 18.3 Å². The zero-order chi connectivity index (χ0) is 21.3. The summed E-state index contributed by atoms with van der Waals surface area (Å²) in [5, 5.41) is 3.46. The summed E-state index contributed by atoms with van der Waals surface area (Å²) in [6.45, 7) is -2.16. The van der Waals surface area contributed by atoms with Crippen LogP contribution in [0.1, 0.15) is 13.3 Å². The van der Waals surface area contributed by atoms with E-state index in [1.165, 1.54) is 19.3 Å². The molecule has 0 aromatic carbocycles. The number of hydrogen-bond acceptors (Lipinski definition) is 5. The van der Waals surface area contributed by atoms with Crippen molar-refractivity contribution in [2.75, 3.05) is 4.53 Å². The van der Waals surface area contributed by atoms with Crippen molar-refractivity contribution in [2.24, 2.45) is 7.05 Å². The topological polar surface area (TPSA) is 77.3 Å². The zero-order valence-corrected chi connectivity index (χ0v) is 16.7. The predicted octanol–water partition coefficient (Wildman–Crippen LogP) is 3.74. The highest BCUT2D eigenvalue weighted by Crippen LogP contribution is 2.41. The quantitative estimate of drug-likeness (QED) is 0.360. The fourth-order valence-corrected chi connectivity index (χ4v) is 3.70. The van der Waals surface area contributed by atoms with E-state index in [4.69, 9.17) is 29.6 Å². The molecule has 0 aliphatic heterocycles. The maximum Gasteiger partial charge on any atom is 0.388 e. The molecule has 2 rings (SSSR count). The number of aryl methyl sites for hydroxylation is 1. The van der Waals surface area contributed by atoms with E-state index in [-0.39, 0.29) is 11.4 Å². The molecule has 152 valence electrons. The molecule has 0 radical (unpaired) electrons. The summed E-state index contributed by atoms with van der Waals surface area (Å²) in [6, 6.07) is 2.32. The van der Waals surface area contributed by atoms with Crippen molar-refractivity contribution < 1.29 is 26.4 Å². The molecule has 0 amide bonds. The Morgan fingerprint density at radius 3 is 2.68 bits per heavy atom. The molecule has 1 unspecified atom stereocenters. The van der Waals surface area contributed by atoms with E-state index in [9.17, 15) is 21.7 Å². The van der Waals surface area contributed by atoms with Gasteiger partial charge in [-0.3, -0.25) is 4.98 Å². The number of hydrogen-bond donors (Lipinski definition) is 0. The number of pyridine rings is 1. The van der Waals surface area contributed by atoms with Crippen molar-refractivity contribution in [1.82, 2.24) is 14.8 Å². The molecule has 0 spiro atoms. The molecular weight excluding hydrogens is 444 g/mol. The van der Waals surface area contributed by atoms with Crippen LogP contribution >= 0.6 is 23.2 Å². The second-order valence-electron chi connectivity index (χ2n) is 5.54. The molecule has 2 aromatic heterocycles. The summed E-state index contributed by atoms with van der Waals surface area (Å²) in [4.78, 5) is 3.87. The first-order valence-corrected chi connectivity index (χ1v) is 9.59. The van der Waals surface area contributed by atoms with Gasteiger partial charge in [-0.05, 0) is 19.1 Å². The van der Waals surface area contributed by atoms with Crippen molar-refractivity contribution in [3.05, 3.63) is 23.4 Å². The van der Waals surface area contributed by atoms with E-state index in [0.29, 0.717) is 0 Å². The average Bonchev–Trinajstić information content (AvgIpc) is 2.88. The molecule has 13 heteroatoms. The van der Waals surface area contributed by atoms with Crippen LogP contribution in [0.3, 0.4) is 0 Å². The Bertz CT molecular complexity index is 1020. The van der Waals surface area contributed by atoms with Gasteiger partial charge in [-0.25, -0.2) is 13.1 Å². The van der Waals surface area contributed by atoms with Crippen molar-refractivity contribution in [3.8, 4) is 29.6 Å². The van der Waals surface area contributed by atoms with E-state index < -0.39 is 48.4 Å². The lowest BCUT2D eigenvalue weighted by molar-refractivity contribution is -0.0552. The Balaban J connectivity index is 2.61. The van der Waals surface area contributed by atoms with Crippen LogP contribution in [0.2, 0.25) is 5.02 Å². The maximum atomic E-state index is 15.0. The van der Waals surface area contributed by atoms with E-state index >= 15 is 0 Å². The smallest absolute Gasteiger partial charge is 0.388 e. The SMILES string of the molecule is C#CCC(C)(Cl)S(=O)(=O)N(F)c1cccnc1-c1nn(C)c(OC(F)F)c1Cl. The number of sulfonamides is 1. The van der Waals surface area contributed by atoms with E-state index in [1.807, 2.05) is 0 Å². The predicted molar refractivity (Wildman–Crippen MR) is 98.3 cm³/mol. The molecule has 2 heterocycles. The summed E-state index contributed by atoms with van der Waals surface area (Å²) in [7, 11) is -3.55. The van der Waals surface area contributed by atoms with Gasteiger partial charge in [-0.2, -0.15) is 13.9 Å². The highest BCUT2D eigenvalue weighted by atomic mass is 35.5. The van der Waals surface area contributed by atoms with Gasteiger partial charge in [0, 0.05) is 19.7 Å². The van der Waals surface area contributed by atoms with Crippen LogP contribution in [0.4, 0.5) is 18.9 Å². The lowest BCUT2D eigenvalue weighted by Gasteiger charge is -2.25. The van der Waals surface area contributed by atoms with Crippen molar-refractivity contribution in [3.63, 3.8) is 0 Å². The largest absolute Gasteiger partial charge is 0.416 e. The number of rotatable bonds is 7. The summed E-state index contributed by atoms with van der Waals surface area (Å²) in [6.07, 6.45) is 5.82. The second-order valence-corrected chi connectivity index (χ2v) is 9.15. The lowest BCUT2D eigenvalue weighted by Crippen LogP contribution is -2.39. The molecule has 0 N–H and O–H groups in total. The standard InChI is InChI=1S/C15H13Cl2F3N4O3S/c1-4-7-15(2,17)28(25,26)24(20)9-6-5-8-21-11(9)12-10(16)13(23(3)22-12)27-14(18)19/h1,5-6,8,14H,7H2,2-3H3. The minimum atomic E-state index is -4.80. The Morgan fingerprint density at radius 1 is 1.46 bits per heavy atom. The molecule has 28 heavy (non-hydrogen) atoms. The van der Waals surface area contributed by atoms with Crippen LogP contribution < -0.4 is 9.26 Å². The Labute approximate surface area is 169 Å². The third kappa shape index (κ3) is 3.99. The number of aromatic nitrogens is 3. The highest BCUT2D eigenvalue weighted by Gasteiger charge is 2.43. The lowest BCUT2D eigenvalue weighted by atomic mass is 10.2. The maximum absolute atomic E-state index is 15.0. The number of alkyl halides is 3. The number of terminal acetylenes is 1. The van der Waals surface area contributed by atoms with Gasteiger partial charge in [0.25, 0.3) is 10.0 Å². The van der Waals surface area contributed by atoms with E-state index in [1.54, 1.807) is 0 Å². The first-order valence-electron chi connectivity index (χ1n) is 7.39. The van der Waals surface area contributed by atoms with E-state index in [2.05, 4.69) is 20.7 Å². The molecule has 2 aromatic rings. The Morgan fingerprint density at radius 2 is 2.11 bits per heavy atom. The van der Waals surface area contributed by atoms with Crippen molar-refractivity contribution in [1.29, 1.82) is 0 Å².